The van der Waals surface area contributed by atoms with Crippen LogP contribution in [0.25, 0.3) is 0 Å². The highest BCUT2D eigenvalue weighted by molar-refractivity contribution is 6.31. The molecule has 0 atom stereocenters. The quantitative estimate of drug-likeness (QED) is 0.764. The summed E-state index contributed by atoms with van der Waals surface area (Å²) in [7, 11) is 0. The normalized spacial score (nSPS) is 12.5. The van der Waals surface area contributed by atoms with Crippen LogP contribution in [0.1, 0.15) is 25.1 Å². The van der Waals surface area contributed by atoms with Crippen LogP contribution in [0, 0.1) is 5.92 Å². The Morgan fingerprint density at radius 1 is 1.38 bits per heavy atom. The molecule has 1 rings (SSSR count). The monoisotopic (exact) mass is 274 g/mol. The Morgan fingerprint density at radius 2 is 1.94 bits per heavy atom. The lowest BCUT2D eigenvalue weighted by Gasteiger charge is -2.05. The third-order valence-corrected chi connectivity index (χ3v) is 2.61. The van der Waals surface area contributed by atoms with Crippen LogP contribution in [0.15, 0.2) is 0 Å². The van der Waals surface area contributed by atoms with Crippen molar-refractivity contribution in [2.24, 2.45) is 5.92 Å². The van der Waals surface area contributed by atoms with E-state index in [1.165, 1.54) is 0 Å². The molecule has 0 amide bonds. The molecule has 16 heavy (non-hydrogen) atoms. The van der Waals surface area contributed by atoms with E-state index in [2.05, 4.69) is 5.10 Å². The van der Waals surface area contributed by atoms with Crippen molar-refractivity contribution in [3.8, 4) is 0 Å². The summed E-state index contributed by atoms with van der Waals surface area (Å²) < 4.78 is 38.9. The predicted molar refractivity (Wildman–Crippen MR) is 56.6 cm³/mol. The van der Waals surface area contributed by atoms with Gasteiger partial charge in [-0.2, -0.15) is 18.3 Å². The van der Waals surface area contributed by atoms with Gasteiger partial charge in [0.2, 0.25) is 0 Å². The molecule has 0 radical (unpaired) electrons. The van der Waals surface area contributed by atoms with E-state index in [0.717, 1.165) is 4.68 Å². The fourth-order valence-corrected chi connectivity index (χ4v) is 1.88. The average molecular weight is 275 g/mol. The van der Waals surface area contributed by atoms with Crippen LogP contribution in [-0.2, 0) is 18.6 Å². The van der Waals surface area contributed by atoms with Gasteiger partial charge in [-0.25, -0.2) is 0 Å². The molecule has 0 unspecified atom stereocenters. The second kappa shape index (κ2) is 4.84. The first-order valence-electron chi connectivity index (χ1n) is 4.65. The van der Waals surface area contributed by atoms with Crippen LogP contribution in [0.3, 0.4) is 0 Å². The predicted octanol–water partition coefficient (Wildman–Crippen LogP) is 3.95. The van der Waals surface area contributed by atoms with E-state index in [9.17, 15) is 13.2 Å². The molecule has 0 aromatic carbocycles. The molecule has 2 nitrogen and oxygen atoms in total. The molecule has 0 spiro atoms. The Morgan fingerprint density at radius 3 is 2.25 bits per heavy atom. The molecule has 0 N–H and O–H groups in total. The number of rotatable bonds is 3. The van der Waals surface area contributed by atoms with Crippen molar-refractivity contribution in [2.45, 2.75) is 32.4 Å². The van der Waals surface area contributed by atoms with Gasteiger partial charge < -0.3 is 0 Å². The second-order valence-electron chi connectivity index (χ2n) is 3.83. The first-order valence-corrected chi connectivity index (χ1v) is 5.57. The summed E-state index contributed by atoms with van der Waals surface area (Å²) in [5, 5.41) is 3.44. The fourth-order valence-electron chi connectivity index (χ4n) is 1.29. The largest absolute Gasteiger partial charge is 0.435 e. The molecule has 0 aliphatic carbocycles. The molecule has 0 fully saturated rings. The first kappa shape index (κ1) is 13.6. The van der Waals surface area contributed by atoms with E-state index in [0.29, 0.717) is 6.54 Å². The van der Waals surface area contributed by atoms with Gasteiger partial charge in [0.15, 0.2) is 5.69 Å². The van der Waals surface area contributed by atoms with Crippen LogP contribution in [0.5, 0.6) is 0 Å². The Balaban J connectivity index is 3.20. The van der Waals surface area contributed by atoms with Crippen molar-refractivity contribution in [2.75, 3.05) is 0 Å². The van der Waals surface area contributed by atoms with Gasteiger partial charge >= 0.3 is 6.18 Å². The van der Waals surface area contributed by atoms with E-state index in [4.69, 9.17) is 23.2 Å². The summed E-state index contributed by atoms with van der Waals surface area (Å²) in [6, 6.07) is 0. The number of nitrogens with zero attached hydrogens (tertiary/aromatic N) is 2. The maximum absolute atomic E-state index is 12.6. The SMILES string of the molecule is CC(C)Cn1nc(C(F)(F)F)c(CCl)c1Cl. The number of hydrogen-bond donors (Lipinski definition) is 0. The minimum Gasteiger partial charge on any atom is -0.253 e. The van der Waals surface area contributed by atoms with E-state index >= 15 is 0 Å². The van der Waals surface area contributed by atoms with Gasteiger partial charge in [0.1, 0.15) is 5.15 Å². The summed E-state index contributed by atoms with van der Waals surface area (Å²) in [5.74, 6) is -0.146. The molecule has 1 aromatic rings. The fraction of sp³-hybridized carbons (Fsp3) is 0.667. The number of halogens is 5. The molecule has 0 aliphatic heterocycles. The topological polar surface area (TPSA) is 17.8 Å². The third kappa shape index (κ3) is 2.83. The summed E-state index contributed by atoms with van der Waals surface area (Å²) in [6.07, 6.45) is -4.52. The van der Waals surface area contributed by atoms with Crippen molar-refractivity contribution >= 4 is 23.2 Å². The molecule has 0 saturated carbocycles. The maximum Gasteiger partial charge on any atom is 0.435 e. The van der Waals surface area contributed by atoms with E-state index in [1.54, 1.807) is 0 Å². The summed E-state index contributed by atoms with van der Waals surface area (Å²) >= 11 is 11.3. The van der Waals surface area contributed by atoms with Crippen molar-refractivity contribution < 1.29 is 13.2 Å². The van der Waals surface area contributed by atoms with Crippen molar-refractivity contribution in [3.05, 3.63) is 16.4 Å². The van der Waals surface area contributed by atoms with E-state index in [-0.39, 0.29) is 22.5 Å². The highest BCUT2D eigenvalue weighted by atomic mass is 35.5. The molecule has 1 aromatic heterocycles. The molecule has 0 bridgehead atoms. The zero-order chi connectivity index (χ0) is 12.5. The highest BCUT2D eigenvalue weighted by Gasteiger charge is 2.38. The van der Waals surface area contributed by atoms with Crippen LogP contribution < -0.4 is 0 Å². The Kier molecular flexibility index (Phi) is 4.12. The standard InChI is InChI=1S/C9H11Cl2F3N2/c1-5(2)4-16-8(11)6(3-10)7(15-16)9(12,13)14/h5H,3-4H2,1-2H3. The number of aromatic nitrogens is 2. The molecular formula is C9H11Cl2F3N2. The van der Waals surface area contributed by atoms with Crippen molar-refractivity contribution in [3.63, 3.8) is 0 Å². The van der Waals surface area contributed by atoms with Gasteiger partial charge in [0.05, 0.1) is 5.88 Å². The van der Waals surface area contributed by atoms with E-state index in [1.807, 2.05) is 13.8 Å². The lowest BCUT2D eigenvalue weighted by Crippen LogP contribution is -2.11. The lowest BCUT2D eigenvalue weighted by atomic mass is 10.2. The van der Waals surface area contributed by atoms with Crippen molar-refractivity contribution in [1.82, 2.24) is 9.78 Å². The Hall–Kier alpha value is -0.420. The number of hydrogen-bond acceptors (Lipinski definition) is 1. The molecular weight excluding hydrogens is 264 g/mol. The zero-order valence-electron chi connectivity index (χ0n) is 8.78. The van der Waals surface area contributed by atoms with Crippen LogP contribution in [0.4, 0.5) is 13.2 Å². The second-order valence-corrected chi connectivity index (χ2v) is 4.45. The van der Waals surface area contributed by atoms with Gasteiger partial charge in [0.25, 0.3) is 0 Å². The number of alkyl halides is 4. The Labute approximate surface area is 101 Å². The smallest absolute Gasteiger partial charge is 0.253 e. The van der Waals surface area contributed by atoms with Crippen molar-refractivity contribution in [1.29, 1.82) is 0 Å². The molecule has 92 valence electrons. The van der Waals surface area contributed by atoms with E-state index < -0.39 is 11.9 Å². The molecule has 0 aliphatic rings. The zero-order valence-corrected chi connectivity index (χ0v) is 10.3. The summed E-state index contributed by atoms with van der Waals surface area (Å²) in [6.45, 7) is 4.07. The molecule has 7 heteroatoms. The minimum atomic E-state index is -4.52. The van der Waals surface area contributed by atoms with Gasteiger partial charge in [-0.3, -0.25) is 4.68 Å². The summed E-state index contributed by atoms with van der Waals surface area (Å²) in [5.41, 5.74) is -1.15. The molecule has 0 saturated heterocycles. The maximum atomic E-state index is 12.6. The molecule has 1 heterocycles. The van der Waals surface area contributed by atoms with Gasteiger partial charge in [0, 0.05) is 12.1 Å². The highest BCUT2D eigenvalue weighted by Crippen LogP contribution is 2.35. The lowest BCUT2D eigenvalue weighted by molar-refractivity contribution is -0.142. The van der Waals surface area contributed by atoms with Crippen LogP contribution in [-0.4, -0.2) is 9.78 Å². The minimum absolute atomic E-state index is 0.0315. The average Bonchev–Trinajstić information content (AvgIpc) is 2.42. The Bertz CT molecular complexity index is 372. The van der Waals surface area contributed by atoms with Gasteiger partial charge in [-0.15, -0.1) is 11.6 Å². The van der Waals surface area contributed by atoms with Gasteiger partial charge in [-0.05, 0) is 5.92 Å². The first-order chi connectivity index (χ1) is 7.27. The third-order valence-electron chi connectivity index (χ3n) is 1.92. The van der Waals surface area contributed by atoms with Crippen LogP contribution >= 0.6 is 23.2 Å². The summed E-state index contributed by atoms with van der Waals surface area (Å²) in [4.78, 5) is 0. The van der Waals surface area contributed by atoms with Gasteiger partial charge in [-0.1, -0.05) is 25.4 Å². The van der Waals surface area contributed by atoms with Crippen LogP contribution in [0.2, 0.25) is 5.15 Å².